The zero-order chi connectivity index (χ0) is 22.5. The molecule has 8 heteroatoms. The average Bonchev–Trinajstić information content (AvgIpc) is 3.45. The molecule has 3 aromatic rings. The summed E-state index contributed by atoms with van der Waals surface area (Å²) in [5.74, 6) is 1.08. The quantitative estimate of drug-likeness (QED) is 0.516. The van der Waals surface area contributed by atoms with Crippen LogP contribution in [0.25, 0.3) is 11.5 Å². The first-order chi connectivity index (χ1) is 15.5. The van der Waals surface area contributed by atoms with Crippen molar-refractivity contribution in [3.8, 4) is 17.2 Å². The molecule has 8 nitrogen and oxygen atoms in total. The Morgan fingerprint density at radius 3 is 2.75 bits per heavy atom. The Morgan fingerprint density at radius 2 is 2.00 bits per heavy atom. The van der Waals surface area contributed by atoms with E-state index in [0.717, 1.165) is 17.4 Å². The monoisotopic (exact) mass is 435 g/mol. The molecule has 0 saturated carbocycles. The average molecular weight is 435 g/mol. The lowest BCUT2D eigenvalue weighted by atomic mass is 9.90. The molecule has 2 heterocycles. The van der Waals surface area contributed by atoms with E-state index in [0.29, 0.717) is 30.6 Å². The van der Waals surface area contributed by atoms with Crippen molar-refractivity contribution in [2.75, 3.05) is 13.1 Å². The van der Waals surface area contributed by atoms with Gasteiger partial charge in [0.05, 0.1) is 6.10 Å². The van der Waals surface area contributed by atoms with E-state index in [-0.39, 0.29) is 24.5 Å². The molecular formula is C24H25N3O5. The zero-order valence-electron chi connectivity index (χ0n) is 18.0. The van der Waals surface area contributed by atoms with E-state index in [2.05, 4.69) is 10.1 Å². The number of aldehydes is 1. The Labute approximate surface area is 186 Å². The molecule has 1 aromatic heterocycles. The Bertz CT molecular complexity index is 1070. The van der Waals surface area contributed by atoms with Crippen molar-refractivity contribution in [1.29, 1.82) is 0 Å². The lowest BCUT2D eigenvalue weighted by Crippen LogP contribution is -2.31. The van der Waals surface area contributed by atoms with Crippen molar-refractivity contribution < 1.29 is 23.6 Å². The predicted molar refractivity (Wildman–Crippen MR) is 116 cm³/mol. The van der Waals surface area contributed by atoms with Crippen LogP contribution in [-0.4, -0.2) is 46.6 Å². The zero-order valence-corrected chi connectivity index (χ0v) is 18.0. The molecule has 2 aromatic carbocycles. The van der Waals surface area contributed by atoms with E-state index < -0.39 is 6.09 Å². The molecule has 32 heavy (non-hydrogen) atoms. The van der Waals surface area contributed by atoms with Crippen LogP contribution < -0.4 is 4.74 Å². The standard InChI is InChI=1S/C24H25N3O5/c1-16(2)31-24(29)27-12-19(14-28)21(13-27)18-9-6-10-20(11-18)30-15-22-25-23(32-26-22)17-7-4-3-5-8-17/h3-11,14,16,19,21H,12-13,15H2,1-2H3/t19?,21-/m0/s1. The van der Waals surface area contributed by atoms with Gasteiger partial charge in [-0.25, -0.2) is 4.79 Å². The van der Waals surface area contributed by atoms with Crippen molar-refractivity contribution in [2.45, 2.75) is 32.5 Å². The minimum atomic E-state index is -0.395. The number of nitrogens with zero attached hydrogens (tertiary/aromatic N) is 3. The minimum absolute atomic E-state index is 0.120. The number of benzene rings is 2. The maximum absolute atomic E-state index is 12.3. The number of carbonyl (C=O) groups excluding carboxylic acids is 2. The molecule has 1 fully saturated rings. The third-order valence-electron chi connectivity index (χ3n) is 5.28. The number of rotatable bonds is 7. The molecule has 4 rings (SSSR count). The van der Waals surface area contributed by atoms with E-state index in [4.69, 9.17) is 14.0 Å². The summed E-state index contributed by atoms with van der Waals surface area (Å²) >= 11 is 0. The van der Waals surface area contributed by atoms with Crippen LogP contribution in [-0.2, 0) is 16.1 Å². The lowest BCUT2D eigenvalue weighted by Gasteiger charge is -2.18. The van der Waals surface area contributed by atoms with Gasteiger partial charge in [-0.1, -0.05) is 35.5 Å². The van der Waals surface area contributed by atoms with Gasteiger partial charge in [0.1, 0.15) is 12.0 Å². The summed E-state index contributed by atoms with van der Waals surface area (Å²) in [5, 5.41) is 3.97. The van der Waals surface area contributed by atoms with Crippen LogP contribution in [0.1, 0.15) is 31.2 Å². The highest BCUT2D eigenvalue weighted by Gasteiger charge is 2.37. The van der Waals surface area contributed by atoms with Crippen molar-refractivity contribution >= 4 is 12.4 Å². The van der Waals surface area contributed by atoms with Gasteiger partial charge in [-0.3, -0.25) is 0 Å². The first-order valence-corrected chi connectivity index (χ1v) is 10.5. The van der Waals surface area contributed by atoms with E-state index in [1.807, 2.05) is 54.6 Å². The van der Waals surface area contributed by atoms with E-state index in [9.17, 15) is 9.59 Å². The summed E-state index contributed by atoms with van der Waals surface area (Å²) < 4.78 is 16.4. The molecule has 1 aliphatic heterocycles. The fraction of sp³-hybridized carbons (Fsp3) is 0.333. The van der Waals surface area contributed by atoms with Gasteiger partial charge in [0, 0.05) is 30.5 Å². The molecule has 0 spiro atoms. The third-order valence-corrected chi connectivity index (χ3v) is 5.28. The number of hydrogen-bond donors (Lipinski definition) is 0. The SMILES string of the molecule is CC(C)OC(=O)N1CC(C=O)[C@H](c2cccc(OCc3noc(-c4ccccc4)n3)c2)C1. The highest BCUT2D eigenvalue weighted by Crippen LogP contribution is 2.33. The maximum atomic E-state index is 12.3. The fourth-order valence-corrected chi connectivity index (χ4v) is 3.74. The second kappa shape index (κ2) is 9.64. The highest BCUT2D eigenvalue weighted by molar-refractivity contribution is 5.70. The molecule has 166 valence electrons. The van der Waals surface area contributed by atoms with Gasteiger partial charge in [-0.05, 0) is 43.7 Å². The Balaban J connectivity index is 1.42. The van der Waals surface area contributed by atoms with Gasteiger partial charge in [0.2, 0.25) is 5.82 Å². The first-order valence-electron chi connectivity index (χ1n) is 10.5. The fourth-order valence-electron chi connectivity index (χ4n) is 3.74. The normalized spacial score (nSPS) is 18.0. The van der Waals surface area contributed by atoms with Crippen molar-refractivity contribution in [1.82, 2.24) is 15.0 Å². The Morgan fingerprint density at radius 1 is 1.19 bits per heavy atom. The predicted octanol–water partition coefficient (Wildman–Crippen LogP) is 4.07. The minimum Gasteiger partial charge on any atom is -0.485 e. The van der Waals surface area contributed by atoms with E-state index >= 15 is 0 Å². The van der Waals surface area contributed by atoms with Gasteiger partial charge in [0.25, 0.3) is 5.89 Å². The molecule has 0 aliphatic carbocycles. The molecule has 0 bridgehead atoms. The highest BCUT2D eigenvalue weighted by atomic mass is 16.6. The number of aromatic nitrogens is 2. The molecule has 1 amide bonds. The number of amides is 1. The summed E-state index contributed by atoms with van der Waals surface area (Å²) in [6, 6.07) is 17.0. The second-order valence-corrected chi connectivity index (χ2v) is 7.99. The summed E-state index contributed by atoms with van der Waals surface area (Å²) in [6.07, 6.45) is 0.305. The van der Waals surface area contributed by atoms with Crippen LogP contribution in [0.2, 0.25) is 0 Å². The van der Waals surface area contributed by atoms with Crippen LogP contribution in [0.5, 0.6) is 5.75 Å². The third kappa shape index (κ3) is 4.96. The molecule has 0 N–H and O–H groups in total. The summed E-state index contributed by atoms with van der Waals surface area (Å²) in [7, 11) is 0. The number of likely N-dealkylation sites (tertiary alicyclic amines) is 1. The van der Waals surface area contributed by atoms with Gasteiger partial charge in [-0.15, -0.1) is 0 Å². The van der Waals surface area contributed by atoms with E-state index in [1.165, 1.54) is 0 Å². The van der Waals surface area contributed by atoms with Crippen LogP contribution in [0.4, 0.5) is 4.79 Å². The van der Waals surface area contributed by atoms with Gasteiger partial charge in [0.15, 0.2) is 6.61 Å². The first kappa shape index (κ1) is 21.5. The smallest absolute Gasteiger partial charge is 0.410 e. The Hall–Kier alpha value is -3.68. The summed E-state index contributed by atoms with van der Waals surface area (Å²) in [4.78, 5) is 29.9. The molecule has 1 saturated heterocycles. The van der Waals surface area contributed by atoms with Crippen LogP contribution >= 0.6 is 0 Å². The van der Waals surface area contributed by atoms with Crippen LogP contribution in [0.15, 0.2) is 59.1 Å². The van der Waals surface area contributed by atoms with Gasteiger partial charge >= 0.3 is 6.09 Å². The molecule has 1 unspecified atom stereocenters. The summed E-state index contributed by atoms with van der Waals surface area (Å²) in [6.45, 7) is 4.51. The molecular weight excluding hydrogens is 410 g/mol. The topological polar surface area (TPSA) is 94.8 Å². The molecule has 1 aliphatic rings. The van der Waals surface area contributed by atoms with Crippen LogP contribution in [0.3, 0.4) is 0 Å². The van der Waals surface area contributed by atoms with Crippen molar-refractivity contribution in [3.63, 3.8) is 0 Å². The second-order valence-electron chi connectivity index (χ2n) is 7.99. The van der Waals surface area contributed by atoms with Crippen LogP contribution in [0, 0.1) is 5.92 Å². The number of hydrogen-bond acceptors (Lipinski definition) is 7. The van der Waals surface area contributed by atoms with Crippen molar-refractivity contribution in [3.05, 3.63) is 66.0 Å². The Kier molecular flexibility index (Phi) is 6.49. The molecule has 2 atom stereocenters. The van der Waals surface area contributed by atoms with E-state index in [1.54, 1.807) is 18.7 Å². The van der Waals surface area contributed by atoms with Gasteiger partial charge < -0.3 is 23.7 Å². The largest absolute Gasteiger partial charge is 0.485 e. The maximum Gasteiger partial charge on any atom is 0.410 e. The van der Waals surface area contributed by atoms with Crippen molar-refractivity contribution in [2.24, 2.45) is 5.92 Å². The number of carbonyl (C=O) groups is 2. The lowest BCUT2D eigenvalue weighted by molar-refractivity contribution is -0.111. The number of ether oxygens (including phenoxy) is 2. The molecule has 0 radical (unpaired) electrons. The summed E-state index contributed by atoms with van der Waals surface area (Å²) in [5.41, 5.74) is 1.77. The van der Waals surface area contributed by atoms with Gasteiger partial charge in [-0.2, -0.15) is 4.98 Å².